The third kappa shape index (κ3) is 5.53. The molecule has 0 spiro atoms. The van der Waals surface area contributed by atoms with Crippen LogP contribution < -0.4 is 14.8 Å². The molecule has 3 aromatic rings. The van der Waals surface area contributed by atoms with Crippen molar-refractivity contribution in [2.45, 2.75) is 6.18 Å². The standard InChI is InChI=1S/C22H16ClF3N2O5/c1-31-19-15(10-27-11-16(19)21(30)32-2)20(29)28-12-3-5-13(6-4-12)33-14-7-8-17(18(23)9-14)22(24,25)26/h3-11H,1-2H3,(H,28,29). The van der Waals surface area contributed by atoms with Gasteiger partial charge in [-0.2, -0.15) is 13.2 Å². The molecule has 0 atom stereocenters. The van der Waals surface area contributed by atoms with E-state index in [2.05, 4.69) is 15.0 Å². The Morgan fingerprint density at radius 3 is 2.18 bits per heavy atom. The number of nitrogens with zero attached hydrogens (tertiary/aromatic N) is 1. The number of ether oxygens (including phenoxy) is 3. The number of hydrogen-bond donors (Lipinski definition) is 1. The summed E-state index contributed by atoms with van der Waals surface area (Å²) in [5.74, 6) is -0.878. The van der Waals surface area contributed by atoms with Crippen LogP contribution in [0.5, 0.6) is 17.2 Å². The number of halogens is 4. The molecule has 0 saturated carbocycles. The van der Waals surface area contributed by atoms with Gasteiger partial charge in [-0.05, 0) is 36.4 Å². The van der Waals surface area contributed by atoms with E-state index < -0.39 is 28.6 Å². The summed E-state index contributed by atoms with van der Waals surface area (Å²) in [5, 5.41) is 2.14. The van der Waals surface area contributed by atoms with E-state index in [0.29, 0.717) is 11.4 Å². The predicted octanol–water partition coefficient (Wildman–Crippen LogP) is 5.59. The lowest BCUT2D eigenvalue weighted by molar-refractivity contribution is -0.137. The Labute approximate surface area is 191 Å². The number of rotatable bonds is 6. The van der Waals surface area contributed by atoms with Crippen molar-refractivity contribution in [1.82, 2.24) is 4.98 Å². The minimum Gasteiger partial charge on any atom is -0.495 e. The van der Waals surface area contributed by atoms with Gasteiger partial charge >= 0.3 is 12.1 Å². The molecule has 0 saturated heterocycles. The number of nitrogens with one attached hydrogen (secondary N) is 1. The van der Waals surface area contributed by atoms with Gasteiger partial charge in [0.1, 0.15) is 28.4 Å². The number of benzene rings is 2. The molecule has 0 aliphatic rings. The molecule has 0 fully saturated rings. The Morgan fingerprint density at radius 1 is 0.970 bits per heavy atom. The lowest BCUT2D eigenvalue weighted by Gasteiger charge is -2.13. The van der Waals surface area contributed by atoms with Crippen molar-refractivity contribution in [2.24, 2.45) is 0 Å². The van der Waals surface area contributed by atoms with Crippen LogP contribution in [0.1, 0.15) is 26.3 Å². The Balaban J connectivity index is 1.73. The number of pyridine rings is 1. The summed E-state index contributed by atoms with van der Waals surface area (Å²) in [4.78, 5) is 28.4. The molecule has 172 valence electrons. The minimum absolute atomic E-state index is 0.00778. The van der Waals surface area contributed by atoms with Gasteiger partial charge in [-0.1, -0.05) is 11.6 Å². The molecule has 3 rings (SSSR count). The number of carbonyl (C=O) groups is 2. The number of alkyl halides is 3. The number of esters is 1. The summed E-state index contributed by atoms with van der Waals surface area (Å²) in [5.41, 5.74) is -0.578. The van der Waals surface area contributed by atoms with E-state index in [0.717, 1.165) is 18.2 Å². The Bertz CT molecular complexity index is 1180. The third-order valence-corrected chi connectivity index (χ3v) is 4.66. The Hall–Kier alpha value is -3.79. The molecule has 2 aromatic carbocycles. The van der Waals surface area contributed by atoms with Crippen LogP contribution in [-0.2, 0) is 10.9 Å². The van der Waals surface area contributed by atoms with Crippen LogP contribution in [-0.4, -0.2) is 31.1 Å². The second-order valence-electron chi connectivity index (χ2n) is 6.48. The van der Waals surface area contributed by atoms with E-state index in [1.165, 1.54) is 50.9 Å². The highest BCUT2D eigenvalue weighted by atomic mass is 35.5. The van der Waals surface area contributed by atoms with E-state index in [1.54, 1.807) is 0 Å². The zero-order chi connectivity index (χ0) is 24.2. The first kappa shape index (κ1) is 23.9. The van der Waals surface area contributed by atoms with Gasteiger partial charge in [0, 0.05) is 24.1 Å². The average molecular weight is 481 g/mol. The number of aromatic nitrogens is 1. The number of hydrogen-bond acceptors (Lipinski definition) is 6. The lowest BCUT2D eigenvalue weighted by atomic mass is 10.1. The first-order chi connectivity index (χ1) is 15.6. The highest BCUT2D eigenvalue weighted by molar-refractivity contribution is 6.31. The molecule has 1 heterocycles. The summed E-state index contributed by atoms with van der Waals surface area (Å²) in [6.45, 7) is 0. The second-order valence-corrected chi connectivity index (χ2v) is 6.89. The molecule has 0 radical (unpaired) electrons. The number of amides is 1. The maximum Gasteiger partial charge on any atom is 0.417 e. The highest BCUT2D eigenvalue weighted by Gasteiger charge is 2.33. The molecule has 1 aromatic heterocycles. The fourth-order valence-electron chi connectivity index (χ4n) is 2.82. The van der Waals surface area contributed by atoms with Gasteiger partial charge in [0.15, 0.2) is 0 Å². The maximum atomic E-state index is 12.8. The lowest BCUT2D eigenvalue weighted by Crippen LogP contribution is -2.16. The average Bonchev–Trinajstić information content (AvgIpc) is 2.78. The van der Waals surface area contributed by atoms with Gasteiger partial charge in [-0.25, -0.2) is 4.79 Å². The van der Waals surface area contributed by atoms with Gasteiger partial charge in [0.2, 0.25) is 0 Å². The molecule has 0 bridgehead atoms. The molecule has 0 unspecified atom stereocenters. The van der Waals surface area contributed by atoms with Crippen molar-refractivity contribution >= 4 is 29.2 Å². The van der Waals surface area contributed by atoms with Crippen LogP contribution >= 0.6 is 11.6 Å². The molecule has 11 heteroatoms. The smallest absolute Gasteiger partial charge is 0.417 e. The molecule has 0 aliphatic carbocycles. The van der Waals surface area contributed by atoms with Crippen molar-refractivity contribution in [3.05, 3.63) is 76.6 Å². The SMILES string of the molecule is COC(=O)c1cncc(C(=O)Nc2ccc(Oc3ccc(C(F)(F)F)c(Cl)c3)cc2)c1OC. The van der Waals surface area contributed by atoms with Crippen molar-refractivity contribution in [3.8, 4) is 17.2 Å². The van der Waals surface area contributed by atoms with Crippen molar-refractivity contribution in [1.29, 1.82) is 0 Å². The molecule has 7 nitrogen and oxygen atoms in total. The summed E-state index contributed by atoms with van der Waals surface area (Å²) >= 11 is 5.69. The summed E-state index contributed by atoms with van der Waals surface area (Å²) in [6, 6.07) is 9.08. The molecular formula is C22H16ClF3N2O5. The van der Waals surface area contributed by atoms with E-state index in [4.69, 9.17) is 21.1 Å². The third-order valence-electron chi connectivity index (χ3n) is 4.34. The van der Waals surface area contributed by atoms with Crippen molar-refractivity contribution in [3.63, 3.8) is 0 Å². The van der Waals surface area contributed by atoms with Gasteiger partial charge < -0.3 is 19.5 Å². The molecule has 1 amide bonds. The summed E-state index contributed by atoms with van der Waals surface area (Å²) in [7, 11) is 2.50. The van der Waals surface area contributed by atoms with E-state index in [-0.39, 0.29) is 22.6 Å². The number of carbonyl (C=O) groups excluding carboxylic acids is 2. The highest BCUT2D eigenvalue weighted by Crippen LogP contribution is 2.37. The first-order valence-electron chi connectivity index (χ1n) is 9.20. The van der Waals surface area contributed by atoms with Crippen LogP contribution in [0.4, 0.5) is 18.9 Å². The zero-order valence-electron chi connectivity index (χ0n) is 17.2. The quantitative estimate of drug-likeness (QED) is 0.463. The molecule has 33 heavy (non-hydrogen) atoms. The monoisotopic (exact) mass is 480 g/mol. The second kappa shape index (κ2) is 9.78. The van der Waals surface area contributed by atoms with Crippen LogP contribution in [0.3, 0.4) is 0 Å². The van der Waals surface area contributed by atoms with Crippen LogP contribution in [0, 0.1) is 0 Å². The summed E-state index contributed by atoms with van der Waals surface area (Å²) < 4.78 is 53.8. The number of anilines is 1. The van der Waals surface area contributed by atoms with Gasteiger partial charge in [0.25, 0.3) is 5.91 Å². The fourth-order valence-corrected chi connectivity index (χ4v) is 3.09. The number of methoxy groups -OCH3 is 2. The van der Waals surface area contributed by atoms with E-state index >= 15 is 0 Å². The van der Waals surface area contributed by atoms with E-state index in [9.17, 15) is 22.8 Å². The molecule has 0 aliphatic heterocycles. The van der Waals surface area contributed by atoms with Crippen LogP contribution in [0.15, 0.2) is 54.9 Å². The van der Waals surface area contributed by atoms with Gasteiger partial charge in [-0.3, -0.25) is 9.78 Å². The molecule has 1 N–H and O–H groups in total. The Morgan fingerprint density at radius 2 is 1.61 bits per heavy atom. The molecular weight excluding hydrogens is 465 g/mol. The van der Waals surface area contributed by atoms with E-state index in [1.807, 2.05) is 0 Å². The minimum atomic E-state index is -4.57. The first-order valence-corrected chi connectivity index (χ1v) is 9.58. The fraction of sp³-hybridized carbons (Fsp3) is 0.136. The van der Waals surface area contributed by atoms with Crippen molar-refractivity contribution < 1.29 is 37.0 Å². The zero-order valence-corrected chi connectivity index (χ0v) is 18.0. The topological polar surface area (TPSA) is 86.8 Å². The van der Waals surface area contributed by atoms with Crippen LogP contribution in [0.25, 0.3) is 0 Å². The Kier molecular flexibility index (Phi) is 7.07. The normalized spacial score (nSPS) is 11.0. The van der Waals surface area contributed by atoms with Crippen LogP contribution in [0.2, 0.25) is 5.02 Å². The van der Waals surface area contributed by atoms with Crippen molar-refractivity contribution in [2.75, 3.05) is 19.5 Å². The maximum absolute atomic E-state index is 12.8. The van der Waals surface area contributed by atoms with Gasteiger partial charge in [0.05, 0.1) is 24.8 Å². The summed E-state index contributed by atoms with van der Waals surface area (Å²) in [6.07, 6.45) is -2.10. The largest absolute Gasteiger partial charge is 0.495 e. The van der Waals surface area contributed by atoms with Gasteiger partial charge in [-0.15, -0.1) is 0 Å². The predicted molar refractivity (Wildman–Crippen MR) is 113 cm³/mol.